The van der Waals surface area contributed by atoms with Crippen molar-refractivity contribution < 1.29 is 9.47 Å². The third-order valence-electron chi connectivity index (χ3n) is 4.07. The summed E-state index contributed by atoms with van der Waals surface area (Å²) < 4.78 is 11.7. The average molecular weight is 227 g/mol. The topological polar surface area (TPSA) is 44.5 Å². The number of rotatable bonds is 1. The quantitative estimate of drug-likeness (QED) is 0.746. The highest BCUT2D eigenvalue weighted by Gasteiger charge is 2.54. The summed E-state index contributed by atoms with van der Waals surface area (Å²) in [7, 11) is 0. The van der Waals surface area contributed by atoms with Crippen LogP contribution in [0.25, 0.3) is 0 Å². The Balaban J connectivity index is 2.19. The molecule has 2 aliphatic rings. The van der Waals surface area contributed by atoms with E-state index in [2.05, 4.69) is 27.7 Å². The summed E-state index contributed by atoms with van der Waals surface area (Å²) >= 11 is 0. The van der Waals surface area contributed by atoms with Crippen molar-refractivity contribution in [3.8, 4) is 0 Å². The first-order valence-electron chi connectivity index (χ1n) is 6.32. The third kappa shape index (κ3) is 2.13. The second-order valence-electron chi connectivity index (χ2n) is 6.61. The van der Waals surface area contributed by atoms with Gasteiger partial charge in [0.15, 0.2) is 0 Å². The van der Waals surface area contributed by atoms with Gasteiger partial charge in [0.1, 0.15) is 0 Å². The third-order valence-corrected chi connectivity index (χ3v) is 4.07. The molecule has 0 aromatic rings. The zero-order valence-corrected chi connectivity index (χ0v) is 11.0. The summed E-state index contributed by atoms with van der Waals surface area (Å²) in [6, 6.07) is 0. The van der Waals surface area contributed by atoms with Gasteiger partial charge in [0.25, 0.3) is 0 Å². The molecule has 0 aliphatic carbocycles. The van der Waals surface area contributed by atoms with Crippen LogP contribution in [0.15, 0.2) is 0 Å². The molecule has 2 N–H and O–H groups in total. The summed E-state index contributed by atoms with van der Waals surface area (Å²) in [5, 5.41) is 0. The van der Waals surface area contributed by atoms with Gasteiger partial charge < -0.3 is 15.2 Å². The van der Waals surface area contributed by atoms with E-state index < -0.39 is 0 Å². The number of hydrogen-bond acceptors (Lipinski definition) is 3. The van der Waals surface area contributed by atoms with Crippen LogP contribution in [0.1, 0.15) is 47.0 Å². The lowest BCUT2D eigenvalue weighted by Crippen LogP contribution is -2.58. The highest BCUT2D eigenvalue weighted by molar-refractivity contribution is 5.06. The van der Waals surface area contributed by atoms with Crippen LogP contribution in [0.3, 0.4) is 0 Å². The lowest BCUT2D eigenvalue weighted by atomic mass is 9.70. The molecule has 2 unspecified atom stereocenters. The molecule has 0 radical (unpaired) electrons. The fourth-order valence-electron chi connectivity index (χ4n) is 3.57. The SMILES string of the molecule is CC1(C)CC(C2(N)CCCOC2)C(C)(C)O1. The van der Waals surface area contributed by atoms with Crippen molar-refractivity contribution >= 4 is 0 Å². The largest absolute Gasteiger partial charge is 0.380 e. The Bertz CT molecular complexity index is 267. The first-order chi connectivity index (χ1) is 7.25. The molecule has 2 aliphatic heterocycles. The second-order valence-corrected chi connectivity index (χ2v) is 6.61. The molecule has 2 atom stereocenters. The van der Waals surface area contributed by atoms with Gasteiger partial charge in [-0.3, -0.25) is 0 Å². The molecule has 2 rings (SSSR count). The van der Waals surface area contributed by atoms with Crippen LogP contribution >= 0.6 is 0 Å². The zero-order chi connectivity index (χ0) is 12.0. The molecule has 0 aromatic heterocycles. The fraction of sp³-hybridized carbons (Fsp3) is 1.00. The van der Waals surface area contributed by atoms with Gasteiger partial charge in [-0.15, -0.1) is 0 Å². The van der Waals surface area contributed by atoms with Gasteiger partial charge >= 0.3 is 0 Å². The standard InChI is InChI=1S/C13H25NO2/c1-11(2)8-10(12(3,4)16-11)13(14)6-5-7-15-9-13/h10H,5-9,14H2,1-4H3. The molecule has 0 bridgehead atoms. The number of hydrogen-bond donors (Lipinski definition) is 1. The van der Waals surface area contributed by atoms with Crippen LogP contribution in [0.5, 0.6) is 0 Å². The highest BCUT2D eigenvalue weighted by Crippen LogP contribution is 2.48. The van der Waals surface area contributed by atoms with Crippen molar-refractivity contribution in [2.24, 2.45) is 11.7 Å². The maximum atomic E-state index is 6.56. The van der Waals surface area contributed by atoms with Crippen LogP contribution in [-0.4, -0.2) is 30.0 Å². The number of nitrogens with two attached hydrogens (primary N) is 1. The second kappa shape index (κ2) is 3.69. The lowest BCUT2D eigenvalue weighted by Gasteiger charge is -2.43. The van der Waals surface area contributed by atoms with Gasteiger partial charge in [0.05, 0.1) is 17.8 Å². The number of ether oxygens (including phenoxy) is 2. The minimum atomic E-state index is -0.199. The van der Waals surface area contributed by atoms with E-state index in [-0.39, 0.29) is 16.7 Å². The Morgan fingerprint density at radius 3 is 2.31 bits per heavy atom. The minimum Gasteiger partial charge on any atom is -0.380 e. The van der Waals surface area contributed by atoms with Crippen LogP contribution in [0.4, 0.5) is 0 Å². The summed E-state index contributed by atoms with van der Waals surface area (Å²) in [5.41, 5.74) is 6.16. The molecule has 3 nitrogen and oxygen atoms in total. The van der Waals surface area contributed by atoms with Gasteiger partial charge in [0.2, 0.25) is 0 Å². The molecule has 2 heterocycles. The molecule has 0 saturated carbocycles. The van der Waals surface area contributed by atoms with Crippen LogP contribution in [0.2, 0.25) is 0 Å². The first kappa shape index (κ1) is 12.3. The summed E-state index contributed by atoms with van der Waals surface area (Å²) in [6.45, 7) is 10.2. The Morgan fingerprint density at radius 2 is 1.88 bits per heavy atom. The van der Waals surface area contributed by atoms with E-state index in [0.717, 1.165) is 25.9 Å². The van der Waals surface area contributed by atoms with Crippen LogP contribution in [-0.2, 0) is 9.47 Å². The van der Waals surface area contributed by atoms with Crippen LogP contribution in [0, 0.1) is 5.92 Å². The molecule has 16 heavy (non-hydrogen) atoms. The minimum absolute atomic E-state index is 0.0576. The van der Waals surface area contributed by atoms with Crippen LogP contribution < -0.4 is 5.73 Å². The summed E-state index contributed by atoms with van der Waals surface area (Å²) in [5.74, 6) is 0.385. The van der Waals surface area contributed by atoms with E-state index in [4.69, 9.17) is 15.2 Å². The molecule has 2 fully saturated rings. The van der Waals surface area contributed by atoms with Gasteiger partial charge in [0, 0.05) is 18.1 Å². The Hall–Kier alpha value is -0.120. The van der Waals surface area contributed by atoms with Crippen molar-refractivity contribution in [3.63, 3.8) is 0 Å². The van der Waals surface area contributed by atoms with Crippen molar-refractivity contribution in [1.29, 1.82) is 0 Å². The summed E-state index contributed by atoms with van der Waals surface area (Å²) in [6.07, 6.45) is 3.16. The monoisotopic (exact) mass is 227 g/mol. The van der Waals surface area contributed by atoms with Gasteiger partial charge in [-0.25, -0.2) is 0 Å². The molecule has 0 aromatic carbocycles. The molecule has 3 heteroatoms. The van der Waals surface area contributed by atoms with E-state index in [1.165, 1.54) is 0 Å². The predicted octanol–water partition coefficient (Wildman–Crippen LogP) is 2.09. The highest BCUT2D eigenvalue weighted by atomic mass is 16.5. The van der Waals surface area contributed by atoms with Gasteiger partial charge in [-0.2, -0.15) is 0 Å². The predicted molar refractivity (Wildman–Crippen MR) is 64.3 cm³/mol. The maximum absolute atomic E-state index is 6.56. The van der Waals surface area contributed by atoms with E-state index in [0.29, 0.717) is 12.5 Å². The Morgan fingerprint density at radius 1 is 1.19 bits per heavy atom. The van der Waals surface area contributed by atoms with Crippen molar-refractivity contribution in [3.05, 3.63) is 0 Å². The smallest absolute Gasteiger partial charge is 0.0681 e. The molecule has 0 amide bonds. The van der Waals surface area contributed by atoms with Crippen molar-refractivity contribution in [2.75, 3.05) is 13.2 Å². The van der Waals surface area contributed by atoms with Crippen molar-refractivity contribution in [1.82, 2.24) is 0 Å². The Kier molecular flexibility index (Phi) is 2.84. The zero-order valence-electron chi connectivity index (χ0n) is 11.0. The molecule has 0 spiro atoms. The van der Waals surface area contributed by atoms with E-state index in [1.54, 1.807) is 0 Å². The Labute approximate surface area is 98.7 Å². The summed E-state index contributed by atoms with van der Waals surface area (Å²) in [4.78, 5) is 0. The van der Waals surface area contributed by atoms with E-state index >= 15 is 0 Å². The average Bonchev–Trinajstić information content (AvgIpc) is 2.36. The molecule has 2 saturated heterocycles. The lowest BCUT2D eigenvalue weighted by molar-refractivity contribution is -0.0929. The first-order valence-corrected chi connectivity index (χ1v) is 6.32. The van der Waals surface area contributed by atoms with E-state index in [9.17, 15) is 0 Å². The molecule has 94 valence electrons. The van der Waals surface area contributed by atoms with Gasteiger partial charge in [-0.1, -0.05) is 0 Å². The molecular weight excluding hydrogens is 202 g/mol. The maximum Gasteiger partial charge on any atom is 0.0681 e. The molecular formula is C13H25NO2. The van der Waals surface area contributed by atoms with Crippen molar-refractivity contribution in [2.45, 2.75) is 63.7 Å². The fourth-order valence-corrected chi connectivity index (χ4v) is 3.57. The van der Waals surface area contributed by atoms with Gasteiger partial charge in [-0.05, 0) is 47.0 Å². The normalized spacial score (nSPS) is 42.2. The van der Waals surface area contributed by atoms with E-state index in [1.807, 2.05) is 0 Å².